The number of hydrogen-bond acceptors (Lipinski definition) is 7. The number of Topliss-reactive ketones (excluding diaryl/α,β-unsaturated/α-hetero) is 1. The van der Waals surface area contributed by atoms with Crippen LogP contribution in [0.25, 0.3) is 6.08 Å². The minimum Gasteiger partial charge on any atom is -0.465 e. The lowest BCUT2D eigenvalue weighted by Crippen LogP contribution is -2.47. The summed E-state index contributed by atoms with van der Waals surface area (Å²) in [5, 5.41) is 0.282. The zero-order valence-electron chi connectivity index (χ0n) is 20.6. The fourth-order valence-electron chi connectivity index (χ4n) is 5.61. The number of ketones is 1. The monoisotopic (exact) mass is 492 g/mol. The van der Waals surface area contributed by atoms with Crippen LogP contribution in [0.2, 0.25) is 0 Å². The number of nitrogens with zero attached hydrogens (tertiary/aromatic N) is 2. The van der Waals surface area contributed by atoms with Crippen LogP contribution in [0.15, 0.2) is 30.5 Å². The second-order valence-corrected chi connectivity index (χ2v) is 11.6. The van der Waals surface area contributed by atoms with E-state index >= 15 is 0 Å². The number of esters is 1. The third-order valence-electron chi connectivity index (χ3n) is 7.43. The summed E-state index contributed by atoms with van der Waals surface area (Å²) in [6.07, 6.45) is 3.79. The van der Waals surface area contributed by atoms with Crippen molar-refractivity contribution in [1.82, 2.24) is 4.90 Å². The molecule has 0 bridgehead atoms. The van der Waals surface area contributed by atoms with Crippen LogP contribution >= 0.6 is 11.3 Å². The Morgan fingerprint density at radius 2 is 1.69 bits per heavy atom. The van der Waals surface area contributed by atoms with Crippen LogP contribution in [-0.4, -0.2) is 41.6 Å². The maximum Gasteiger partial charge on any atom is 0.341 e. The number of carbonyl (C=O) groups is 4. The second-order valence-electron chi connectivity index (χ2n) is 10.4. The van der Waals surface area contributed by atoms with Gasteiger partial charge in [0.1, 0.15) is 11.0 Å². The van der Waals surface area contributed by atoms with Crippen molar-refractivity contribution in [2.45, 2.75) is 46.7 Å². The molecule has 1 aromatic carbocycles. The van der Waals surface area contributed by atoms with E-state index in [4.69, 9.17) is 4.74 Å². The number of carbonyl (C=O) groups excluding carboxylic acids is 4. The molecule has 2 fully saturated rings. The van der Waals surface area contributed by atoms with E-state index in [0.717, 1.165) is 20.9 Å². The number of fused-ring (bicyclic) bond motifs is 5. The lowest BCUT2D eigenvalue weighted by molar-refractivity contribution is -0.135. The van der Waals surface area contributed by atoms with Crippen LogP contribution < -0.4 is 4.90 Å². The van der Waals surface area contributed by atoms with Crippen LogP contribution in [0.5, 0.6) is 0 Å². The minimum atomic E-state index is -0.844. The van der Waals surface area contributed by atoms with Gasteiger partial charge in [-0.2, -0.15) is 0 Å². The summed E-state index contributed by atoms with van der Waals surface area (Å²) >= 11 is 1.23. The molecular weight excluding hydrogens is 464 g/mol. The molecule has 3 aliphatic rings. The molecule has 5 rings (SSSR count). The molecule has 3 aliphatic heterocycles. The Labute approximate surface area is 208 Å². The summed E-state index contributed by atoms with van der Waals surface area (Å²) < 4.78 is 4.98. The molecule has 8 heteroatoms. The van der Waals surface area contributed by atoms with Gasteiger partial charge < -0.3 is 9.64 Å². The van der Waals surface area contributed by atoms with Gasteiger partial charge in [-0.25, -0.2) is 9.69 Å². The molecular formula is C27H28N2O5S. The maximum absolute atomic E-state index is 14.1. The van der Waals surface area contributed by atoms with Crippen LogP contribution in [0.4, 0.5) is 5.00 Å². The lowest BCUT2D eigenvalue weighted by Gasteiger charge is -2.37. The number of amides is 2. The van der Waals surface area contributed by atoms with Crippen molar-refractivity contribution >= 4 is 46.0 Å². The number of imide groups is 1. The molecule has 4 heterocycles. The molecule has 4 atom stereocenters. The molecule has 0 saturated carbocycles. The number of rotatable bonds is 3. The zero-order valence-corrected chi connectivity index (χ0v) is 21.4. The Morgan fingerprint density at radius 3 is 2.34 bits per heavy atom. The van der Waals surface area contributed by atoms with E-state index in [9.17, 15) is 19.2 Å². The van der Waals surface area contributed by atoms with Gasteiger partial charge in [0.2, 0.25) is 11.8 Å². The van der Waals surface area contributed by atoms with Gasteiger partial charge in [-0.05, 0) is 36.6 Å². The van der Waals surface area contributed by atoms with Crippen molar-refractivity contribution in [3.05, 3.63) is 57.6 Å². The summed E-state index contributed by atoms with van der Waals surface area (Å²) in [5.74, 6) is -3.07. The second kappa shape index (κ2) is 7.88. The fraction of sp³-hybridized carbons (Fsp3) is 0.407. The van der Waals surface area contributed by atoms with Crippen LogP contribution in [-0.2, 0) is 19.1 Å². The summed E-state index contributed by atoms with van der Waals surface area (Å²) in [4.78, 5) is 58.3. The van der Waals surface area contributed by atoms with Crippen molar-refractivity contribution in [3.8, 4) is 0 Å². The number of hydrogen-bond donors (Lipinski definition) is 0. The highest BCUT2D eigenvalue weighted by atomic mass is 32.1. The van der Waals surface area contributed by atoms with Crippen LogP contribution in [0, 0.1) is 31.1 Å². The lowest BCUT2D eigenvalue weighted by atomic mass is 9.79. The first kappa shape index (κ1) is 23.5. The van der Waals surface area contributed by atoms with E-state index in [1.807, 2.05) is 69.1 Å². The maximum atomic E-state index is 14.1. The van der Waals surface area contributed by atoms with Gasteiger partial charge in [0.15, 0.2) is 5.78 Å². The van der Waals surface area contributed by atoms with E-state index in [-0.39, 0.29) is 22.3 Å². The molecule has 182 valence electrons. The third kappa shape index (κ3) is 3.22. The Kier molecular flexibility index (Phi) is 5.29. The molecule has 0 N–H and O–H groups in total. The summed E-state index contributed by atoms with van der Waals surface area (Å²) in [6, 6.07) is 6.54. The van der Waals surface area contributed by atoms with Crippen molar-refractivity contribution in [3.63, 3.8) is 0 Å². The molecule has 0 spiro atoms. The molecule has 2 saturated heterocycles. The van der Waals surface area contributed by atoms with Crippen molar-refractivity contribution < 1.29 is 23.9 Å². The predicted molar refractivity (Wildman–Crippen MR) is 133 cm³/mol. The molecule has 2 amide bonds. The SMILES string of the molecule is COC(=O)c1c(N2C(=O)[C@@H]3[C@H](C2=O)[C@@H]2c4ccccc4C=CN2[C@H]3C(=O)C(C)(C)C)sc(C)c1C. The number of methoxy groups -OCH3 is 1. The first-order valence-electron chi connectivity index (χ1n) is 11.6. The van der Waals surface area contributed by atoms with Crippen molar-refractivity contribution in [1.29, 1.82) is 0 Å². The Balaban J connectivity index is 1.69. The summed E-state index contributed by atoms with van der Waals surface area (Å²) in [6.45, 7) is 9.12. The normalized spacial score (nSPS) is 25.0. The molecule has 0 unspecified atom stereocenters. The highest BCUT2D eigenvalue weighted by Crippen LogP contribution is 2.55. The van der Waals surface area contributed by atoms with Crippen LogP contribution in [0.1, 0.15) is 58.7 Å². The van der Waals surface area contributed by atoms with Gasteiger partial charge >= 0.3 is 5.97 Å². The molecule has 0 radical (unpaired) electrons. The number of thiophene rings is 1. The molecule has 2 aromatic rings. The van der Waals surface area contributed by atoms with Crippen molar-refractivity contribution in [2.24, 2.45) is 17.3 Å². The third-order valence-corrected chi connectivity index (χ3v) is 8.62. The smallest absolute Gasteiger partial charge is 0.341 e. The van der Waals surface area contributed by atoms with E-state index in [0.29, 0.717) is 5.56 Å². The first-order valence-corrected chi connectivity index (χ1v) is 12.5. The van der Waals surface area contributed by atoms with Gasteiger partial charge in [-0.15, -0.1) is 11.3 Å². The molecule has 0 aliphatic carbocycles. The quantitative estimate of drug-likeness (QED) is 0.470. The predicted octanol–water partition coefficient (Wildman–Crippen LogP) is 4.28. The summed E-state index contributed by atoms with van der Waals surface area (Å²) in [7, 11) is 1.28. The average Bonchev–Trinajstić information content (AvgIpc) is 3.40. The highest BCUT2D eigenvalue weighted by Gasteiger charge is 2.65. The average molecular weight is 493 g/mol. The number of ether oxygens (including phenoxy) is 1. The van der Waals surface area contributed by atoms with Gasteiger partial charge in [0.05, 0.1) is 30.6 Å². The number of anilines is 1. The van der Waals surface area contributed by atoms with Crippen LogP contribution in [0.3, 0.4) is 0 Å². The van der Waals surface area contributed by atoms with E-state index in [2.05, 4.69) is 0 Å². The van der Waals surface area contributed by atoms with Gasteiger partial charge in [0.25, 0.3) is 0 Å². The Hall–Kier alpha value is -3.26. The molecule has 1 aromatic heterocycles. The zero-order chi connectivity index (χ0) is 25.4. The van der Waals surface area contributed by atoms with Gasteiger partial charge in [-0.3, -0.25) is 14.4 Å². The topological polar surface area (TPSA) is 84.0 Å². The number of benzene rings is 1. The fourth-order valence-corrected chi connectivity index (χ4v) is 6.76. The minimum absolute atomic E-state index is 0.0891. The molecule has 7 nitrogen and oxygen atoms in total. The largest absolute Gasteiger partial charge is 0.465 e. The molecule has 35 heavy (non-hydrogen) atoms. The Bertz CT molecular complexity index is 1320. The van der Waals surface area contributed by atoms with Gasteiger partial charge in [-0.1, -0.05) is 45.0 Å². The van der Waals surface area contributed by atoms with Crippen molar-refractivity contribution in [2.75, 3.05) is 12.0 Å². The van der Waals surface area contributed by atoms with E-state index in [1.165, 1.54) is 18.4 Å². The summed E-state index contributed by atoms with van der Waals surface area (Å²) in [5.41, 5.74) is 2.09. The van der Waals surface area contributed by atoms with E-state index < -0.39 is 41.2 Å². The number of aryl methyl sites for hydroxylation is 1. The standard InChI is InChI=1S/C27H28N2O5S/c1-13-14(2)35-25(17(13)26(33)34-6)29-23(31)18-19(24(29)32)21(22(30)27(3,4)5)28-12-11-15-9-7-8-10-16(15)20(18)28/h7-12,18-21H,1-6H3/t18-,19+,20-,21+/m0/s1. The Morgan fingerprint density at radius 1 is 1.03 bits per heavy atom. The van der Waals surface area contributed by atoms with Gasteiger partial charge in [0, 0.05) is 16.5 Å². The first-order chi connectivity index (χ1) is 16.5. The highest BCUT2D eigenvalue weighted by molar-refractivity contribution is 7.17. The van der Waals surface area contributed by atoms with E-state index in [1.54, 1.807) is 6.92 Å².